The Hall–Kier alpha value is -3.35. The second kappa shape index (κ2) is 8.56. The standard InChI is InChI=1S/C21H24N4O3/c1-16(19-10-7-11-28-19)24(3)21(27)15-25-20(26)12-18(13-22-25)23(2)14-17-8-5-4-6-9-17/h4-13,16H,14-15H2,1-3H3/t16-/m1/s1. The Labute approximate surface area is 163 Å². The van der Waals surface area contributed by atoms with Crippen LogP contribution in [0.15, 0.2) is 70.2 Å². The highest BCUT2D eigenvalue weighted by Crippen LogP contribution is 2.19. The fourth-order valence-corrected chi connectivity index (χ4v) is 2.88. The number of anilines is 1. The van der Waals surface area contributed by atoms with Crippen LogP contribution in [0.1, 0.15) is 24.3 Å². The van der Waals surface area contributed by atoms with Crippen LogP contribution in [0.5, 0.6) is 0 Å². The number of amides is 1. The number of hydrogen-bond donors (Lipinski definition) is 0. The highest BCUT2D eigenvalue weighted by atomic mass is 16.3. The normalized spacial score (nSPS) is 11.8. The van der Waals surface area contributed by atoms with Crippen molar-refractivity contribution in [1.82, 2.24) is 14.7 Å². The fraction of sp³-hybridized carbons (Fsp3) is 0.286. The molecule has 0 saturated heterocycles. The van der Waals surface area contributed by atoms with Crippen LogP contribution < -0.4 is 10.5 Å². The predicted molar refractivity (Wildman–Crippen MR) is 107 cm³/mol. The van der Waals surface area contributed by atoms with Gasteiger partial charge in [-0.3, -0.25) is 9.59 Å². The Kier molecular flexibility index (Phi) is 5.93. The number of carbonyl (C=O) groups is 1. The highest BCUT2D eigenvalue weighted by molar-refractivity contribution is 5.76. The van der Waals surface area contributed by atoms with Gasteiger partial charge in [-0.1, -0.05) is 30.3 Å². The van der Waals surface area contributed by atoms with Crippen LogP contribution in [0.4, 0.5) is 5.69 Å². The van der Waals surface area contributed by atoms with Crippen LogP contribution in [0.2, 0.25) is 0 Å². The molecule has 2 heterocycles. The van der Waals surface area contributed by atoms with E-state index in [4.69, 9.17) is 4.42 Å². The summed E-state index contributed by atoms with van der Waals surface area (Å²) in [7, 11) is 3.58. The third kappa shape index (κ3) is 4.49. The number of benzene rings is 1. The van der Waals surface area contributed by atoms with E-state index in [0.29, 0.717) is 18.0 Å². The third-order valence-electron chi connectivity index (χ3n) is 4.77. The molecule has 0 fully saturated rings. The van der Waals surface area contributed by atoms with Gasteiger partial charge in [-0.25, -0.2) is 4.68 Å². The van der Waals surface area contributed by atoms with Gasteiger partial charge < -0.3 is 14.2 Å². The molecule has 0 aliphatic heterocycles. The van der Waals surface area contributed by atoms with E-state index in [2.05, 4.69) is 5.10 Å². The Bertz CT molecular complexity index is 967. The summed E-state index contributed by atoms with van der Waals surface area (Å²) < 4.78 is 6.52. The van der Waals surface area contributed by atoms with Gasteiger partial charge in [0.05, 0.1) is 24.2 Å². The lowest BCUT2D eigenvalue weighted by Gasteiger charge is -2.23. The molecular weight excluding hydrogens is 356 g/mol. The quantitative estimate of drug-likeness (QED) is 0.630. The van der Waals surface area contributed by atoms with Crippen molar-refractivity contribution >= 4 is 11.6 Å². The largest absolute Gasteiger partial charge is 0.467 e. The second-order valence-corrected chi connectivity index (χ2v) is 6.75. The summed E-state index contributed by atoms with van der Waals surface area (Å²) in [5.74, 6) is 0.470. The zero-order valence-corrected chi connectivity index (χ0v) is 16.3. The van der Waals surface area contributed by atoms with E-state index in [1.165, 1.54) is 10.7 Å². The number of likely N-dealkylation sites (N-methyl/N-ethyl adjacent to an activating group) is 1. The van der Waals surface area contributed by atoms with Crippen molar-refractivity contribution in [3.63, 3.8) is 0 Å². The first-order valence-corrected chi connectivity index (χ1v) is 9.07. The maximum Gasteiger partial charge on any atom is 0.269 e. The molecule has 0 unspecified atom stereocenters. The molecule has 7 heteroatoms. The summed E-state index contributed by atoms with van der Waals surface area (Å²) in [6, 6.07) is 14.8. The Morgan fingerprint density at radius 1 is 1.18 bits per heavy atom. The van der Waals surface area contributed by atoms with Crippen molar-refractivity contribution in [3.05, 3.63) is 82.7 Å². The number of furan rings is 1. The average molecular weight is 380 g/mol. The molecule has 0 aliphatic rings. The molecule has 0 saturated carbocycles. The summed E-state index contributed by atoms with van der Waals surface area (Å²) >= 11 is 0. The second-order valence-electron chi connectivity index (χ2n) is 6.75. The third-order valence-corrected chi connectivity index (χ3v) is 4.77. The lowest BCUT2D eigenvalue weighted by Crippen LogP contribution is -2.36. The first kappa shape index (κ1) is 19.4. The van der Waals surface area contributed by atoms with E-state index in [0.717, 1.165) is 5.56 Å². The summed E-state index contributed by atoms with van der Waals surface area (Å²) in [6.07, 6.45) is 3.18. The van der Waals surface area contributed by atoms with E-state index in [1.807, 2.05) is 55.3 Å². The van der Waals surface area contributed by atoms with Crippen molar-refractivity contribution < 1.29 is 9.21 Å². The predicted octanol–water partition coefficient (Wildman–Crippen LogP) is 2.69. The minimum atomic E-state index is -0.315. The zero-order chi connectivity index (χ0) is 20.1. The van der Waals surface area contributed by atoms with Crippen LogP contribution in [0, 0.1) is 0 Å². The topological polar surface area (TPSA) is 71.6 Å². The Balaban J connectivity index is 1.67. The first-order chi connectivity index (χ1) is 13.5. The molecule has 0 radical (unpaired) electrons. The maximum absolute atomic E-state index is 12.5. The van der Waals surface area contributed by atoms with Crippen LogP contribution >= 0.6 is 0 Å². The lowest BCUT2D eigenvalue weighted by atomic mass is 10.2. The van der Waals surface area contributed by atoms with Gasteiger partial charge in [-0.05, 0) is 24.6 Å². The number of aromatic nitrogens is 2. The van der Waals surface area contributed by atoms with Gasteiger partial charge in [-0.15, -0.1) is 0 Å². The molecule has 28 heavy (non-hydrogen) atoms. The van der Waals surface area contributed by atoms with Crippen molar-refractivity contribution in [1.29, 1.82) is 0 Å². The summed E-state index contributed by atoms with van der Waals surface area (Å²) in [4.78, 5) is 28.5. The van der Waals surface area contributed by atoms with Gasteiger partial charge in [0.25, 0.3) is 5.56 Å². The van der Waals surface area contributed by atoms with Crippen molar-refractivity contribution in [2.75, 3.05) is 19.0 Å². The zero-order valence-electron chi connectivity index (χ0n) is 16.3. The molecule has 3 rings (SSSR count). The fourth-order valence-electron chi connectivity index (χ4n) is 2.88. The summed E-state index contributed by atoms with van der Waals surface area (Å²) in [6.45, 7) is 2.41. The van der Waals surface area contributed by atoms with Crippen molar-refractivity contribution in [2.45, 2.75) is 26.1 Å². The smallest absolute Gasteiger partial charge is 0.269 e. The molecule has 7 nitrogen and oxygen atoms in total. The van der Waals surface area contributed by atoms with Gasteiger partial charge in [0.15, 0.2) is 0 Å². The summed E-state index contributed by atoms with van der Waals surface area (Å²) in [5.41, 5.74) is 1.53. The average Bonchev–Trinajstić information content (AvgIpc) is 3.23. The van der Waals surface area contributed by atoms with E-state index in [1.54, 1.807) is 30.5 Å². The first-order valence-electron chi connectivity index (χ1n) is 9.07. The van der Waals surface area contributed by atoms with E-state index < -0.39 is 0 Å². The Morgan fingerprint density at radius 2 is 1.93 bits per heavy atom. The lowest BCUT2D eigenvalue weighted by molar-refractivity contribution is -0.133. The van der Waals surface area contributed by atoms with Crippen LogP contribution in [-0.2, 0) is 17.9 Å². The van der Waals surface area contributed by atoms with Crippen LogP contribution in [0.3, 0.4) is 0 Å². The van der Waals surface area contributed by atoms with E-state index in [9.17, 15) is 9.59 Å². The molecule has 0 spiro atoms. The number of hydrogen-bond acceptors (Lipinski definition) is 5. The summed E-state index contributed by atoms with van der Waals surface area (Å²) in [5, 5.41) is 4.18. The Morgan fingerprint density at radius 3 is 2.57 bits per heavy atom. The number of carbonyl (C=O) groups excluding carboxylic acids is 1. The molecule has 0 N–H and O–H groups in total. The van der Waals surface area contributed by atoms with E-state index in [-0.39, 0.29) is 24.1 Å². The minimum absolute atomic E-state index is 0.122. The SMILES string of the molecule is C[C@H](c1ccco1)N(C)C(=O)Cn1ncc(N(C)Cc2ccccc2)cc1=O. The van der Waals surface area contributed by atoms with Gasteiger partial charge in [0, 0.05) is 26.7 Å². The van der Waals surface area contributed by atoms with Crippen LogP contribution in [-0.4, -0.2) is 34.7 Å². The van der Waals surface area contributed by atoms with Gasteiger partial charge >= 0.3 is 0 Å². The van der Waals surface area contributed by atoms with E-state index >= 15 is 0 Å². The van der Waals surface area contributed by atoms with Gasteiger partial charge in [0.1, 0.15) is 12.3 Å². The maximum atomic E-state index is 12.5. The molecule has 1 aromatic carbocycles. The number of rotatable bonds is 7. The molecule has 146 valence electrons. The van der Waals surface area contributed by atoms with Crippen LogP contribution in [0.25, 0.3) is 0 Å². The minimum Gasteiger partial charge on any atom is -0.467 e. The molecule has 1 amide bonds. The monoisotopic (exact) mass is 380 g/mol. The van der Waals surface area contributed by atoms with Gasteiger partial charge in [-0.2, -0.15) is 5.10 Å². The molecular formula is C21H24N4O3. The molecule has 0 aliphatic carbocycles. The molecule has 2 aromatic heterocycles. The molecule has 0 bridgehead atoms. The van der Waals surface area contributed by atoms with Crippen molar-refractivity contribution in [2.24, 2.45) is 0 Å². The number of nitrogens with zero attached hydrogens (tertiary/aromatic N) is 4. The molecule has 1 atom stereocenters. The van der Waals surface area contributed by atoms with Gasteiger partial charge in [0.2, 0.25) is 5.91 Å². The van der Waals surface area contributed by atoms with Crippen molar-refractivity contribution in [3.8, 4) is 0 Å². The highest BCUT2D eigenvalue weighted by Gasteiger charge is 2.20. The molecule has 3 aromatic rings.